The molecule has 0 aliphatic rings. The van der Waals surface area contributed by atoms with E-state index in [1.54, 1.807) is 36.4 Å². The van der Waals surface area contributed by atoms with Crippen LogP contribution in [0.3, 0.4) is 0 Å². The molecule has 0 saturated carbocycles. The molecule has 0 atom stereocenters. The van der Waals surface area contributed by atoms with Gasteiger partial charge in [0, 0.05) is 29.8 Å². The fourth-order valence-electron chi connectivity index (χ4n) is 3.30. The largest absolute Gasteiger partial charge is 0.493 e. The summed E-state index contributed by atoms with van der Waals surface area (Å²) < 4.78 is 22.2. The van der Waals surface area contributed by atoms with Crippen LogP contribution in [0.25, 0.3) is 10.8 Å². The number of aryl methyl sites for hydroxylation is 1. The lowest BCUT2D eigenvalue weighted by Gasteiger charge is -2.14. The van der Waals surface area contributed by atoms with Gasteiger partial charge in [0.2, 0.25) is 5.75 Å². The molecule has 0 spiro atoms. The number of anilines is 1. The third-order valence-electron chi connectivity index (χ3n) is 4.78. The van der Waals surface area contributed by atoms with Gasteiger partial charge in [-0.05, 0) is 12.5 Å². The van der Waals surface area contributed by atoms with E-state index in [1.165, 1.54) is 26.0 Å². The highest BCUT2D eigenvalue weighted by molar-refractivity contribution is 6.03. The average molecular weight is 455 g/mol. The zero-order valence-electron chi connectivity index (χ0n) is 18.8. The van der Waals surface area contributed by atoms with E-state index in [0.29, 0.717) is 46.7 Å². The topological polar surface area (TPSA) is 118 Å². The van der Waals surface area contributed by atoms with Crippen LogP contribution in [0.1, 0.15) is 23.8 Å². The zero-order chi connectivity index (χ0) is 24.0. The predicted octanol–water partition coefficient (Wildman–Crippen LogP) is 2.63. The van der Waals surface area contributed by atoms with Crippen molar-refractivity contribution in [3.05, 3.63) is 52.4 Å². The van der Waals surface area contributed by atoms with Crippen molar-refractivity contribution in [1.82, 2.24) is 9.78 Å². The summed E-state index contributed by atoms with van der Waals surface area (Å²) in [5.74, 6) is -0.291. The second kappa shape index (κ2) is 10.5. The summed E-state index contributed by atoms with van der Waals surface area (Å²) in [5.41, 5.74) is 0.0500. The van der Waals surface area contributed by atoms with Crippen LogP contribution in [-0.4, -0.2) is 49.6 Å². The van der Waals surface area contributed by atoms with Gasteiger partial charge in [-0.15, -0.1) is 0 Å². The maximum atomic E-state index is 12.7. The average Bonchev–Trinajstić information content (AvgIpc) is 2.83. The van der Waals surface area contributed by atoms with E-state index in [4.69, 9.17) is 18.9 Å². The number of amides is 1. The summed E-state index contributed by atoms with van der Waals surface area (Å²) in [7, 11) is 4.39. The Bertz CT molecular complexity index is 1210. The van der Waals surface area contributed by atoms with Crippen LogP contribution in [0.2, 0.25) is 0 Å². The molecule has 10 heteroatoms. The van der Waals surface area contributed by atoms with Gasteiger partial charge in [-0.2, -0.15) is 5.10 Å². The highest BCUT2D eigenvalue weighted by atomic mass is 16.5. The molecule has 1 heterocycles. The first-order valence-corrected chi connectivity index (χ1v) is 10.2. The van der Waals surface area contributed by atoms with Crippen molar-refractivity contribution in [1.29, 1.82) is 0 Å². The van der Waals surface area contributed by atoms with Crippen molar-refractivity contribution in [2.75, 3.05) is 33.3 Å². The fraction of sp³-hybridized carbons (Fsp3) is 0.304. The molecule has 0 fully saturated rings. The Balaban J connectivity index is 1.78. The standard InChI is InChI=1S/C23H25N3O7/c1-5-10-26-22(28)16-9-7-6-8-15(16)20(25-26)23(29)33-13-19(27)24-14-11-17(30-2)21(32-4)18(12-14)31-3/h6-9,11-12H,5,10,13H2,1-4H3,(H,24,27). The van der Waals surface area contributed by atoms with E-state index in [0.717, 1.165) is 0 Å². The van der Waals surface area contributed by atoms with Gasteiger partial charge in [0.05, 0.1) is 26.7 Å². The van der Waals surface area contributed by atoms with Gasteiger partial charge in [-0.25, -0.2) is 9.48 Å². The zero-order valence-corrected chi connectivity index (χ0v) is 18.8. The number of fused-ring (bicyclic) bond motifs is 1. The quantitative estimate of drug-likeness (QED) is 0.489. The first-order valence-electron chi connectivity index (χ1n) is 10.2. The van der Waals surface area contributed by atoms with E-state index < -0.39 is 18.5 Å². The third kappa shape index (κ3) is 5.05. The minimum atomic E-state index is -0.809. The van der Waals surface area contributed by atoms with E-state index in [2.05, 4.69) is 10.4 Å². The molecule has 2 aromatic carbocycles. The van der Waals surface area contributed by atoms with Gasteiger partial charge in [0.25, 0.3) is 11.5 Å². The van der Waals surface area contributed by atoms with E-state index in [9.17, 15) is 14.4 Å². The smallest absolute Gasteiger partial charge is 0.359 e. The summed E-state index contributed by atoms with van der Waals surface area (Å²) in [5, 5.41) is 7.51. The molecule has 1 N–H and O–H groups in total. The lowest BCUT2D eigenvalue weighted by Crippen LogP contribution is -2.27. The molecule has 0 aliphatic heterocycles. The molecule has 10 nitrogen and oxygen atoms in total. The van der Waals surface area contributed by atoms with Crippen LogP contribution in [-0.2, 0) is 16.1 Å². The van der Waals surface area contributed by atoms with Crippen molar-refractivity contribution in [3.8, 4) is 17.2 Å². The monoisotopic (exact) mass is 455 g/mol. The molecule has 3 rings (SSSR count). The predicted molar refractivity (Wildman–Crippen MR) is 121 cm³/mol. The number of esters is 1. The number of benzene rings is 2. The first-order chi connectivity index (χ1) is 15.9. The van der Waals surface area contributed by atoms with Crippen LogP contribution < -0.4 is 25.1 Å². The first kappa shape index (κ1) is 23.6. The van der Waals surface area contributed by atoms with Crippen LogP contribution in [0, 0.1) is 0 Å². The molecular formula is C23H25N3O7. The van der Waals surface area contributed by atoms with Gasteiger partial charge in [-0.1, -0.05) is 25.1 Å². The molecule has 0 radical (unpaired) electrons. The number of carbonyl (C=O) groups excluding carboxylic acids is 2. The molecule has 0 saturated heterocycles. The Labute approximate surface area is 190 Å². The van der Waals surface area contributed by atoms with Crippen molar-refractivity contribution in [2.45, 2.75) is 19.9 Å². The Kier molecular flexibility index (Phi) is 7.50. The number of hydrogen-bond donors (Lipinski definition) is 1. The maximum absolute atomic E-state index is 12.7. The third-order valence-corrected chi connectivity index (χ3v) is 4.78. The minimum absolute atomic E-state index is 0.0285. The maximum Gasteiger partial charge on any atom is 0.359 e. The van der Waals surface area contributed by atoms with Gasteiger partial charge < -0.3 is 24.3 Å². The second-order valence-corrected chi connectivity index (χ2v) is 6.96. The van der Waals surface area contributed by atoms with Crippen molar-refractivity contribution in [3.63, 3.8) is 0 Å². The highest BCUT2D eigenvalue weighted by Crippen LogP contribution is 2.39. The lowest BCUT2D eigenvalue weighted by atomic mass is 10.1. The number of ether oxygens (including phenoxy) is 4. The second-order valence-electron chi connectivity index (χ2n) is 6.96. The number of rotatable bonds is 9. The van der Waals surface area contributed by atoms with Crippen molar-refractivity contribution in [2.24, 2.45) is 0 Å². The number of carbonyl (C=O) groups is 2. The Hall–Kier alpha value is -4.08. The number of aromatic nitrogens is 2. The minimum Gasteiger partial charge on any atom is -0.493 e. The summed E-state index contributed by atoms with van der Waals surface area (Å²) in [6.45, 7) is 1.69. The number of nitrogens with zero attached hydrogens (tertiary/aromatic N) is 2. The Morgan fingerprint density at radius 2 is 1.64 bits per heavy atom. The number of nitrogens with one attached hydrogen (secondary N) is 1. The SMILES string of the molecule is CCCn1nc(C(=O)OCC(=O)Nc2cc(OC)c(OC)c(OC)c2)c2ccccc2c1=O. The van der Waals surface area contributed by atoms with Crippen molar-refractivity contribution >= 4 is 28.3 Å². The van der Waals surface area contributed by atoms with Crippen LogP contribution >= 0.6 is 0 Å². The molecule has 174 valence electrons. The lowest BCUT2D eigenvalue weighted by molar-refractivity contribution is -0.119. The molecule has 1 aromatic heterocycles. The molecule has 3 aromatic rings. The van der Waals surface area contributed by atoms with Gasteiger partial charge in [0.15, 0.2) is 23.8 Å². The summed E-state index contributed by atoms with van der Waals surface area (Å²) in [6, 6.07) is 9.75. The van der Waals surface area contributed by atoms with Gasteiger partial charge >= 0.3 is 5.97 Å². The van der Waals surface area contributed by atoms with E-state index >= 15 is 0 Å². The fourth-order valence-corrected chi connectivity index (χ4v) is 3.30. The van der Waals surface area contributed by atoms with Crippen LogP contribution in [0.5, 0.6) is 17.2 Å². The Morgan fingerprint density at radius 1 is 1.00 bits per heavy atom. The van der Waals surface area contributed by atoms with Crippen LogP contribution in [0.15, 0.2) is 41.2 Å². The van der Waals surface area contributed by atoms with Gasteiger partial charge in [-0.3, -0.25) is 9.59 Å². The molecular weight excluding hydrogens is 430 g/mol. The molecule has 33 heavy (non-hydrogen) atoms. The highest BCUT2D eigenvalue weighted by Gasteiger charge is 2.20. The normalized spacial score (nSPS) is 10.5. The van der Waals surface area contributed by atoms with E-state index in [1.807, 2.05) is 6.92 Å². The van der Waals surface area contributed by atoms with Crippen LogP contribution in [0.4, 0.5) is 5.69 Å². The summed E-state index contributed by atoms with van der Waals surface area (Å²) >= 11 is 0. The molecule has 0 aliphatic carbocycles. The summed E-state index contributed by atoms with van der Waals surface area (Å²) in [4.78, 5) is 37.7. The molecule has 0 bridgehead atoms. The van der Waals surface area contributed by atoms with Crippen molar-refractivity contribution < 1.29 is 28.5 Å². The number of hydrogen-bond acceptors (Lipinski definition) is 8. The molecule has 0 unspecified atom stereocenters. The number of methoxy groups -OCH3 is 3. The Morgan fingerprint density at radius 3 is 2.21 bits per heavy atom. The van der Waals surface area contributed by atoms with E-state index in [-0.39, 0.29) is 11.3 Å². The van der Waals surface area contributed by atoms with Gasteiger partial charge in [0.1, 0.15) is 0 Å². The summed E-state index contributed by atoms with van der Waals surface area (Å²) in [6.07, 6.45) is 0.664. The molecule has 1 amide bonds.